The number of pyridine rings is 1. The number of esters is 1. The van der Waals surface area contributed by atoms with Crippen LogP contribution in [0.1, 0.15) is 23.1 Å². The van der Waals surface area contributed by atoms with Gasteiger partial charge in [-0.3, -0.25) is 4.40 Å². The van der Waals surface area contributed by atoms with E-state index >= 15 is 0 Å². The van der Waals surface area contributed by atoms with Crippen molar-refractivity contribution in [2.24, 2.45) is 0 Å². The Bertz CT molecular complexity index is 560. The highest BCUT2D eigenvalue weighted by Gasteiger charge is 2.14. The van der Waals surface area contributed by atoms with Crippen LogP contribution in [-0.2, 0) is 11.3 Å². The minimum absolute atomic E-state index is 0.318. The number of aromatic nitrogens is 2. The van der Waals surface area contributed by atoms with Gasteiger partial charge in [0.25, 0.3) is 0 Å². The number of carbonyl (C=O) groups is 1. The van der Waals surface area contributed by atoms with Crippen LogP contribution in [0.2, 0.25) is 0 Å². The Kier molecular flexibility index (Phi) is 3.62. The second-order valence-electron chi connectivity index (χ2n) is 4.31. The number of carbonyl (C=O) groups excluding carboxylic acids is 1. The normalized spacial score (nSPS) is 11.1. The van der Waals surface area contributed by atoms with Crippen LogP contribution in [0, 0.1) is 0 Å². The van der Waals surface area contributed by atoms with Crippen LogP contribution in [0.15, 0.2) is 24.4 Å². The van der Waals surface area contributed by atoms with E-state index in [2.05, 4.69) is 4.98 Å². The smallest absolute Gasteiger partial charge is 0.355 e. The Morgan fingerprint density at radius 1 is 1.44 bits per heavy atom. The van der Waals surface area contributed by atoms with Crippen molar-refractivity contribution < 1.29 is 9.53 Å². The number of nitrogens with zero attached hydrogens (tertiary/aromatic N) is 3. The fourth-order valence-corrected chi connectivity index (χ4v) is 1.90. The lowest BCUT2D eigenvalue weighted by atomic mass is 10.3. The summed E-state index contributed by atoms with van der Waals surface area (Å²) in [5.41, 5.74) is 2.25. The number of hydrogen-bond donors (Lipinski definition) is 0. The fourth-order valence-electron chi connectivity index (χ4n) is 1.90. The summed E-state index contributed by atoms with van der Waals surface area (Å²) in [7, 11) is 3.96. The number of rotatable bonds is 4. The van der Waals surface area contributed by atoms with E-state index in [4.69, 9.17) is 4.74 Å². The maximum atomic E-state index is 11.9. The van der Waals surface area contributed by atoms with E-state index in [-0.39, 0.29) is 5.97 Å². The predicted molar refractivity (Wildman–Crippen MR) is 68.5 cm³/mol. The summed E-state index contributed by atoms with van der Waals surface area (Å²) in [5.74, 6) is -0.318. The first-order chi connectivity index (χ1) is 8.63. The molecule has 0 saturated carbocycles. The summed E-state index contributed by atoms with van der Waals surface area (Å²) >= 11 is 0. The summed E-state index contributed by atoms with van der Waals surface area (Å²) in [6.45, 7) is 2.89. The molecular weight excluding hydrogens is 230 g/mol. The van der Waals surface area contributed by atoms with Crippen molar-refractivity contribution >= 4 is 11.6 Å². The van der Waals surface area contributed by atoms with Crippen LogP contribution in [0.5, 0.6) is 0 Å². The second kappa shape index (κ2) is 5.18. The molecule has 0 saturated heterocycles. The van der Waals surface area contributed by atoms with Gasteiger partial charge in [0.1, 0.15) is 11.3 Å². The van der Waals surface area contributed by atoms with Crippen molar-refractivity contribution in [3.8, 4) is 0 Å². The Morgan fingerprint density at radius 3 is 2.89 bits per heavy atom. The standard InChI is InChI=1S/C13H17N3O2/c1-4-18-13(17)11-6-5-7-12-14-8-10(16(11)12)9-15(2)3/h5-8H,4,9H2,1-3H3. The highest BCUT2D eigenvalue weighted by atomic mass is 16.5. The van der Waals surface area contributed by atoms with Gasteiger partial charge in [-0.15, -0.1) is 0 Å². The lowest BCUT2D eigenvalue weighted by molar-refractivity contribution is 0.0517. The molecule has 2 aromatic rings. The molecule has 18 heavy (non-hydrogen) atoms. The lowest BCUT2D eigenvalue weighted by Crippen LogP contribution is -2.16. The number of hydrogen-bond acceptors (Lipinski definition) is 4. The molecule has 5 heteroatoms. The van der Waals surface area contributed by atoms with Gasteiger partial charge in [-0.05, 0) is 33.2 Å². The van der Waals surface area contributed by atoms with Crippen LogP contribution < -0.4 is 0 Å². The van der Waals surface area contributed by atoms with Crippen molar-refractivity contribution in [2.75, 3.05) is 20.7 Å². The topological polar surface area (TPSA) is 46.8 Å². The molecule has 2 aromatic heterocycles. The van der Waals surface area contributed by atoms with Gasteiger partial charge in [-0.2, -0.15) is 0 Å². The molecule has 5 nitrogen and oxygen atoms in total. The summed E-state index contributed by atoms with van der Waals surface area (Å²) < 4.78 is 6.91. The maximum Gasteiger partial charge on any atom is 0.355 e. The monoisotopic (exact) mass is 247 g/mol. The largest absolute Gasteiger partial charge is 0.461 e. The molecule has 0 fully saturated rings. The van der Waals surface area contributed by atoms with Gasteiger partial charge >= 0.3 is 5.97 Å². The zero-order valence-electron chi connectivity index (χ0n) is 10.9. The molecule has 0 radical (unpaired) electrons. The molecule has 2 rings (SSSR count). The zero-order chi connectivity index (χ0) is 13.1. The van der Waals surface area contributed by atoms with Crippen LogP contribution >= 0.6 is 0 Å². The molecule has 0 aliphatic rings. The molecule has 2 heterocycles. The molecule has 0 aliphatic heterocycles. The number of fused-ring (bicyclic) bond motifs is 1. The maximum absolute atomic E-state index is 11.9. The van der Waals surface area contributed by atoms with E-state index < -0.39 is 0 Å². The van der Waals surface area contributed by atoms with E-state index in [0.29, 0.717) is 12.3 Å². The fraction of sp³-hybridized carbons (Fsp3) is 0.385. The molecule has 0 aliphatic carbocycles. The third kappa shape index (κ3) is 2.36. The van der Waals surface area contributed by atoms with Gasteiger partial charge in [-0.25, -0.2) is 9.78 Å². The Labute approximate surface area is 106 Å². The van der Waals surface area contributed by atoms with E-state index in [1.807, 2.05) is 35.5 Å². The first-order valence-electron chi connectivity index (χ1n) is 5.90. The second-order valence-corrected chi connectivity index (χ2v) is 4.31. The van der Waals surface area contributed by atoms with Gasteiger partial charge < -0.3 is 9.64 Å². The molecule has 0 amide bonds. The average molecular weight is 247 g/mol. The van der Waals surface area contributed by atoms with Crippen molar-refractivity contribution in [3.05, 3.63) is 35.8 Å². The molecule has 0 spiro atoms. The SMILES string of the molecule is CCOC(=O)c1cccc2ncc(CN(C)C)n12. The molecule has 0 aromatic carbocycles. The first-order valence-corrected chi connectivity index (χ1v) is 5.90. The van der Waals surface area contributed by atoms with Crippen LogP contribution in [0.25, 0.3) is 5.65 Å². The van der Waals surface area contributed by atoms with Crippen molar-refractivity contribution in [3.63, 3.8) is 0 Å². The summed E-state index contributed by atoms with van der Waals surface area (Å²) in [6.07, 6.45) is 1.79. The van der Waals surface area contributed by atoms with E-state index in [1.54, 1.807) is 19.2 Å². The van der Waals surface area contributed by atoms with Gasteiger partial charge in [0.15, 0.2) is 0 Å². The number of imidazole rings is 1. The van der Waals surface area contributed by atoms with E-state index in [0.717, 1.165) is 17.9 Å². The summed E-state index contributed by atoms with van der Waals surface area (Å²) in [5, 5.41) is 0. The minimum atomic E-state index is -0.318. The predicted octanol–water partition coefficient (Wildman–Crippen LogP) is 1.57. The van der Waals surface area contributed by atoms with E-state index in [1.165, 1.54) is 0 Å². The lowest BCUT2D eigenvalue weighted by Gasteiger charge is -2.11. The molecule has 96 valence electrons. The van der Waals surface area contributed by atoms with Crippen molar-refractivity contribution in [2.45, 2.75) is 13.5 Å². The molecule has 0 unspecified atom stereocenters. The van der Waals surface area contributed by atoms with Gasteiger partial charge in [0.05, 0.1) is 18.5 Å². The third-order valence-electron chi connectivity index (χ3n) is 2.57. The molecule has 0 N–H and O–H groups in total. The summed E-state index contributed by atoms with van der Waals surface area (Å²) in [4.78, 5) is 18.2. The minimum Gasteiger partial charge on any atom is -0.461 e. The van der Waals surface area contributed by atoms with Crippen molar-refractivity contribution in [1.82, 2.24) is 14.3 Å². The highest BCUT2D eigenvalue weighted by molar-refractivity contribution is 5.88. The van der Waals surface area contributed by atoms with Gasteiger partial charge in [0, 0.05) is 6.54 Å². The van der Waals surface area contributed by atoms with Crippen LogP contribution in [-0.4, -0.2) is 41.0 Å². The van der Waals surface area contributed by atoms with Gasteiger partial charge in [0.2, 0.25) is 0 Å². The van der Waals surface area contributed by atoms with Crippen LogP contribution in [0.4, 0.5) is 0 Å². The Morgan fingerprint density at radius 2 is 2.22 bits per heavy atom. The molecular formula is C13H17N3O2. The Hall–Kier alpha value is -1.88. The highest BCUT2D eigenvalue weighted by Crippen LogP contribution is 2.13. The Balaban J connectivity index is 2.51. The number of ether oxygens (including phenoxy) is 1. The van der Waals surface area contributed by atoms with Crippen LogP contribution in [0.3, 0.4) is 0 Å². The first kappa shape index (κ1) is 12.6. The zero-order valence-corrected chi connectivity index (χ0v) is 10.9. The van der Waals surface area contributed by atoms with Crippen molar-refractivity contribution in [1.29, 1.82) is 0 Å². The summed E-state index contributed by atoms with van der Waals surface area (Å²) in [6, 6.07) is 5.45. The average Bonchev–Trinajstić information content (AvgIpc) is 2.72. The third-order valence-corrected chi connectivity index (χ3v) is 2.57. The quantitative estimate of drug-likeness (QED) is 0.769. The van der Waals surface area contributed by atoms with E-state index in [9.17, 15) is 4.79 Å². The molecule has 0 atom stereocenters. The van der Waals surface area contributed by atoms with Gasteiger partial charge in [-0.1, -0.05) is 6.07 Å². The molecule has 0 bridgehead atoms.